The van der Waals surface area contributed by atoms with E-state index in [0.717, 1.165) is 22.6 Å². The van der Waals surface area contributed by atoms with Crippen molar-refractivity contribution in [3.8, 4) is 11.5 Å². The summed E-state index contributed by atoms with van der Waals surface area (Å²) in [6.07, 6.45) is 3.82. The minimum Gasteiger partial charge on any atom is -0.491 e. The van der Waals surface area contributed by atoms with Crippen molar-refractivity contribution in [2.24, 2.45) is 0 Å². The number of rotatable bonds is 0. The number of hydrogen-bond donors (Lipinski definition) is 0. The third-order valence-corrected chi connectivity index (χ3v) is 3.66. The van der Waals surface area contributed by atoms with Crippen molar-refractivity contribution in [2.45, 2.75) is 0 Å². The van der Waals surface area contributed by atoms with Gasteiger partial charge in [-0.3, -0.25) is 0 Å². The molecule has 0 saturated carbocycles. The van der Waals surface area contributed by atoms with Crippen LogP contribution in [0.4, 0.5) is 0 Å². The van der Waals surface area contributed by atoms with Crippen LogP contribution < -0.4 is 9.47 Å². The first-order valence-corrected chi connectivity index (χ1v) is 8.45. The van der Waals surface area contributed by atoms with Crippen molar-refractivity contribution >= 4 is 12.2 Å². The van der Waals surface area contributed by atoms with E-state index >= 15 is 0 Å². The smallest absolute Gasteiger partial charge is 0.127 e. The summed E-state index contributed by atoms with van der Waals surface area (Å²) in [5.74, 6) is 1.63. The van der Waals surface area contributed by atoms with Crippen LogP contribution in [0, 0.1) is 0 Å². The molecular weight excluding hydrogens is 316 g/mol. The number of benzene rings is 2. The highest BCUT2D eigenvalue weighted by Crippen LogP contribution is 2.21. The van der Waals surface area contributed by atoms with Crippen LogP contribution in [0.15, 0.2) is 54.3 Å². The summed E-state index contributed by atoms with van der Waals surface area (Å²) in [5.41, 5.74) is 5.17. The average molecular weight is 338 g/mol. The largest absolute Gasteiger partial charge is 0.491 e. The Balaban J connectivity index is 1.83. The third kappa shape index (κ3) is 5.50. The van der Waals surface area contributed by atoms with E-state index in [1.54, 1.807) is 0 Å². The normalized spacial score (nSPS) is 16.0. The Hall–Kier alpha value is -2.52. The van der Waals surface area contributed by atoms with Gasteiger partial charge in [-0.05, 0) is 24.3 Å². The summed E-state index contributed by atoms with van der Waals surface area (Å²) in [6, 6.07) is 15.8. The van der Waals surface area contributed by atoms with Gasteiger partial charge in [-0.1, -0.05) is 36.4 Å². The van der Waals surface area contributed by atoms with Crippen LogP contribution in [-0.4, -0.2) is 39.6 Å². The van der Waals surface area contributed by atoms with Crippen LogP contribution in [0.3, 0.4) is 0 Å². The second-order valence-corrected chi connectivity index (χ2v) is 5.45. The maximum atomic E-state index is 5.81. The number of hydrogen-bond acceptors (Lipinski definition) is 4. The third-order valence-electron chi connectivity index (χ3n) is 3.66. The van der Waals surface area contributed by atoms with Gasteiger partial charge < -0.3 is 18.9 Å². The van der Waals surface area contributed by atoms with Crippen molar-refractivity contribution in [2.75, 3.05) is 39.6 Å². The molecule has 0 bridgehead atoms. The molecule has 0 fully saturated rings. The summed E-state index contributed by atoms with van der Waals surface area (Å²) < 4.78 is 22.6. The highest BCUT2D eigenvalue weighted by Gasteiger charge is 2.02. The zero-order valence-electron chi connectivity index (χ0n) is 14.1. The van der Waals surface area contributed by atoms with Gasteiger partial charge in [-0.25, -0.2) is 0 Å². The Morgan fingerprint density at radius 1 is 0.560 bits per heavy atom. The Bertz CT molecular complexity index is 673. The standard InChI is InChI=1S/C21H22O4/c1-3-10-20-18(6-1)8-5-9-19-7-2-4-11-21(19)25-17-15-23-13-12-22-14-16-24-20/h1-4,6-11H,12-17H2. The van der Waals surface area contributed by atoms with Gasteiger partial charge in [0.25, 0.3) is 0 Å². The van der Waals surface area contributed by atoms with E-state index in [1.165, 1.54) is 0 Å². The Morgan fingerprint density at radius 3 is 1.52 bits per heavy atom. The van der Waals surface area contributed by atoms with Crippen LogP contribution in [-0.2, 0) is 9.47 Å². The lowest BCUT2D eigenvalue weighted by atomic mass is 10.1. The number of ether oxygens (including phenoxy) is 4. The van der Waals surface area contributed by atoms with E-state index in [0.29, 0.717) is 39.6 Å². The Labute approximate surface area is 148 Å². The van der Waals surface area contributed by atoms with E-state index in [9.17, 15) is 0 Å². The van der Waals surface area contributed by atoms with Gasteiger partial charge >= 0.3 is 0 Å². The van der Waals surface area contributed by atoms with Crippen LogP contribution in [0.2, 0.25) is 0 Å². The lowest BCUT2D eigenvalue weighted by molar-refractivity contribution is 0.0273. The lowest BCUT2D eigenvalue weighted by Gasteiger charge is -2.10. The van der Waals surface area contributed by atoms with E-state index < -0.39 is 0 Å². The van der Waals surface area contributed by atoms with E-state index in [4.69, 9.17) is 18.9 Å². The van der Waals surface area contributed by atoms with Crippen molar-refractivity contribution in [3.63, 3.8) is 0 Å². The number of para-hydroxylation sites is 2. The molecule has 0 saturated heterocycles. The first-order valence-electron chi connectivity index (χ1n) is 8.45. The summed E-state index contributed by atoms with van der Waals surface area (Å²) in [4.78, 5) is 0. The van der Waals surface area contributed by atoms with E-state index in [2.05, 4.69) is 5.73 Å². The molecule has 25 heavy (non-hydrogen) atoms. The summed E-state index contributed by atoms with van der Waals surface area (Å²) in [7, 11) is 0. The molecule has 0 amide bonds. The molecule has 130 valence electrons. The second-order valence-electron chi connectivity index (χ2n) is 5.45. The fourth-order valence-electron chi connectivity index (χ4n) is 2.43. The highest BCUT2D eigenvalue weighted by atomic mass is 16.6. The van der Waals surface area contributed by atoms with Gasteiger partial charge in [-0.15, -0.1) is 5.73 Å². The van der Waals surface area contributed by atoms with E-state index in [1.807, 2.05) is 60.7 Å². The lowest BCUT2D eigenvalue weighted by Crippen LogP contribution is -2.13. The molecular formula is C21H22O4. The minimum absolute atomic E-state index is 0.501. The fraction of sp³-hybridized carbons (Fsp3) is 0.286. The molecule has 4 nitrogen and oxygen atoms in total. The molecule has 1 aliphatic heterocycles. The zero-order valence-corrected chi connectivity index (χ0v) is 14.1. The van der Waals surface area contributed by atoms with Crippen LogP contribution in [0.25, 0.3) is 12.2 Å². The quantitative estimate of drug-likeness (QED) is 0.685. The van der Waals surface area contributed by atoms with E-state index in [-0.39, 0.29) is 0 Å². The molecule has 2 aromatic carbocycles. The molecule has 1 aliphatic rings. The fourth-order valence-corrected chi connectivity index (χ4v) is 2.43. The first kappa shape index (κ1) is 17.3. The van der Waals surface area contributed by atoms with Gasteiger partial charge in [0.15, 0.2) is 0 Å². The molecule has 4 heteroatoms. The molecule has 2 aromatic rings. The monoisotopic (exact) mass is 338 g/mol. The van der Waals surface area contributed by atoms with Gasteiger partial charge in [-0.2, -0.15) is 0 Å². The molecule has 0 aromatic heterocycles. The Morgan fingerprint density at radius 2 is 1.00 bits per heavy atom. The van der Waals surface area contributed by atoms with Gasteiger partial charge in [0, 0.05) is 11.1 Å². The van der Waals surface area contributed by atoms with Gasteiger partial charge in [0.2, 0.25) is 0 Å². The van der Waals surface area contributed by atoms with Crippen molar-refractivity contribution in [3.05, 3.63) is 65.4 Å². The van der Waals surface area contributed by atoms with Crippen molar-refractivity contribution in [1.82, 2.24) is 0 Å². The minimum atomic E-state index is 0.501. The predicted molar refractivity (Wildman–Crippen MR) is 98.0 cm³/mol. The first-order chi connectivity index (χ1) is 12.4. The summed E-state index contributed by atoms with van der Waals surface area (Å²) in [5, 5.41) is 0. The maximum Gasteiger partial charge on any atom is 0.127 e. The molecule has 0 spiro atoms. The number of fused-ring (bicyclic) bond motifs is 2. The molecule has 3 rings (SSSR count). The van der Waals surface area contributed by atoms with Crippen LogP contribution >= 0.6 is 0 Å². The van der Waals surface area contributed by atoms with Crippen molar-refractivity contribution < 1.29 is 18.9 Å². The van der Waals surface area contributed by atoms with Crippen LogP contribution in [0.5, 0.6) is 11.5 Å². The zero-order chi connectivity index (χ0) is 17.2. The topological polar surface area (TPSA) is 36.9 Å². The molecule has 0 aliphatic carbocycles. The average Bonchev–Trinajstić information content (AvgIpc) is 2.65. The highest BCUT2D eigenvalue weighted by molar-refractivity contribution is 5.64. The molecule has 0 atom stereocenters. The molecule has 0 radical (unpaired) electrons. The molecule has 1 heterocycles. The van der Waals surface area contributed by atoms with Gasteiger partial charge in [0.05, 0.1) is 26.4 Å². The summed E-state index contributed by atoms with van der Waals surface area (Å²) in [6.45, 7) is 3.14. The molecule has 0 unspecified atom stereocenters. The summed E-state index contributed by atoms with van der Waals surface area (Å²) >= 11 is 0. The second kappa shape index (κ2) is 9.70. The van der Waals surface area contributed by atoms with Crippen molar-refractivity contribution in [1.29, 1.82) is 0 Å². The Kier molecular flexibility index (Phi) is 6.71. The SMILES string of the molecule is C1=Cc2ccccc2OCCOCCOCCOc2ccccc2C=1. The van der Waals surface area contributed by atoms with Gasteiger partial charge in [0.1, 0.15) is 24.7 Å². The molecule has 0 N–H and O–H groups in total. The predicted octanol–water partition coefficient (Wildman–Crippen LogP) is 3.82. The van der Waals surface area contributed by atoms with Crippen LogP contribution in [0.1, 0.15) is 11.1 Å². The maximum absolute atomic E-state index is 5.81.